The molecule has 24 heavy (non-hydrogen) atoms. The summed E-state index contributed by atoms with van der Waals surface area (Å²) in [5.41, 5.74) is 0.962. The maximum Gasteiger partial charge on any atom is 0.198 e. The lowest BCUT2D eigenvalue weighted by atomic mass is 9.80. The molecule has 4 heteroatoms. The van der Waals surface area contributed by atoms with Gasteiger partial charge < -0.3 is 10.2 Å². The summed E-state index contributed by atoms with van der Waals surface area (Å²) in [7, 11) is 0. The second-order valence-corrected chi connectivity index (χ2v) is 6.95. The summed E-state index contributed by atoms with van der Waals surface area (Å²) in [6.45, 7) is 1.62. The first kappa shape index (κ1) is 16.7. The third-order valence-electron chi connectivity index (χ3n) is 4.01. The van der Waals surface area contributed by atoms with E-state index in [1.807, 2.05) is 36.4 Å². The first-order valence-electron chi connectivity index (χ1n) is 7.61. The number of benzene rings is 2. The Balaban J connectivity index is 2.20. The smallest absolute Gasteiger partial charge is 0.198 e. The average Bonchev–Trinajstić information content (AvgIpc) is 2.54. The molecule has 0 aliphatic heterocycles. The number of Topliss-reactive ketones (excluding diaryl/α,β-unsaturated/α-hetero) is 1. The van der Waals surface area contributed by atoms with Gasteiger partial charge in [0.15, 0.2) is 5.78 Å². The maximum absolute atomic E-state index is 13.1. The van der Waals surface area contributed by atoms with Gasteiger partial charge in [-0.05, 0) is 36.3 Å². The molecule has 0 aromatic heterocycles. The highest BCUT2D eigenvalue weighted by atomic mass is 79.9. The van der Waals surface area contributed by atoms with Crippen LogP contribution >= 0.6 is 15.9 Å². The minimum Gasteiger partial charge on any atom is -0.507 e. The van der Waals surface area contributed by atoms with Crippen molar-refractivity contribution in [2.75, 3.05) is 0 Å². The van der Waals surface area contributed by atoms with Crippen molar-refractivity contribution in [1.29, 1.82) is 0 Å². The molecule has 1 aliphatic carbocycles. The van der Waals surface area contributed by atoms with Gasteiger partial charge in [0.1, 0.15) is 5.76 Å². The van der Waals surface area contributed by atoms with Crippen LogP contribution < -0.4 is 0 Å². The van der Waals surface area contributed by atoms with E-state index in [2.05, 4.69) is 15.9 Å². The fourth-order valence-electron chi connectivity index (χ4n) is 2.94. The number of hydrogen-bond acceptors (Lipinski definition) is 3. The highest BCUT2D eigenvalue weighted by Gasteiger charge is 2.33. The van der Waals surface area contributed by atoms with Crippen LogP contribution in [0.15, 0.2) is 76.5 Å². The minimum absolute atomic E-state index is 0.189. The predicted octanol–water partition coefficient (Wildman–Crippen LogP) is 4.68. The second-order valence-electron chi connectivity index (χ2n) is 6.09. The van der Waals surface area contributed by atoms with Crippen LogP contribution in [0.25, 0.3) is 5.57 Å². The molecule has 3 rings (SSSR count). The van der Waals surface area contributed by atoms with Gasteiger partial charge in [0.05, 0.1) is 11.2 Å². The minimum atomic E-state index is -1.20. The van der Waals surface area contributed by atoms with Crippen molar-refractivity contribution >= 4 is 27.3 Å². The molecule has 2 aromatic rings. The van der Waals surface area contributed by atoms with Crippen LogP contribution in [0.1, 0.15) is 29.3 Å². The second kappa shape index (κ2) is 6.38. The highest BCUT2D eigenvalue weighted by Crippen LogP contribution is 2.38. The lowest BCUT2D eigenvalue weighted by Gasteiger charge is -2.28. The number of hydrogen-bond donors (Lipinski definition) is 2. The largest absolute Gasteiger partial charge is 0.507 e. The molecule has 3 nitrogen and oxygen atoms in total. The third kappa shape index (κ3) is 3.21. The predicted molar refractivity (Wildman–Crippen MR) is 97.8 cm³/mol. The average molecular weight is 385 g/mol. The molecule has 0 amide bonds. The number of aliphatic hydroxyl groups excluding tert-OH is 1. The van der Waals surface area contributed by atoms with E-state index < -0.39 is 5.60 Å². The summed E-state index contributed by atoms with van der Waals surface area (Å²) in [6.07, 6.45) is 1.59. The molecule has 0 saturated heterocycles. The van der Waals surface area contributed by atoms with Gasteiger partial charge in [0, 0.05) is 16.5 Å². The van der Waals surface area contributed by atoms with Crippen molar-refractivity contribution in [3.63, 3.8) is 0 Å². The fraction of sp³-hybridized carbons (Fsp3) is 0.150. The summed E-state index contributed by atoms with van der Waals surface area (Å²) < 4.78 is 0.667. The summed E-state index contributed by atoms with van der Waals surface area (Å²) in [6, 6.07) is 16.5. The van der Waals surface area contributed by atoms with Crippen molar-refractivity contribution in [2.24, 2.45) is 0 Å². The molecular weight excluding hydrogens is 368 g/mol. The fourth-order valence-corrected chi connectivity index (χ4v) is 3.40. The molecule has 0 bridgehead atoms. The molecule has 0 fully saturated rings. The van der Waals surface area contributed by atoms with Gasteiger partial charge in [-0.2, -0.15) is 0 Å². The topological polar surface area (TPSA) is 57.5 Å². The van der Waals surface area contributed by atoms with Gasteiger partial charge in [-0.25, -0.2) is 0 Å². The van der Waals surface area contributed by atoms with Crippen molar-refractivity contribution in [3.8, 4) is 0 Å². The van der Waals surface area contributed by atoms with Gasteiger partial charge in [-0.15, -0.1) is 0 Å². The van der Waals surface area contributed by atoms with Crippen LogP contribution in [0.3, 0.4) is 0 Å². The zero-order valence-electron chi connectivity index (χ0n) is 13.2. The quantitative estimate of drug-likeness (QED) is 0.755. The number of carbonyl (C=O) groups is 1. The Morgan fingerprint density at radius 2 is 1.71 bits per heavy atom. The standard InChI is InChI=1S/C20H17BrO3/c1-20(24)11-15(13-7-3-2-4-8-13)18(17(22)12-20)19(23)14-9-5-6-10-16(14)21/h2-10,12,22,24H,11H2,1H3. The van der Waals surface area contributed by atoms with E-state index in [0.29, 0.717) is 15.6 Å². The van der Waals surface area contributed by atoms with Crippen LogP contribution in [0, 0.1) is 0 Å². The first-order chi connectivity index (χ1) is 11.4. The Morgan fingerprint density at radius 1 is 1.08 bits per heavy atom. The van der Waals surface area contributed by atoms with Crippen molar-refractivity contribution in [2.45, 2.75) is 18.9 Å². The van der Waals surface area contributed by atoms with Crippen molar-refractivity contribution < 1.29 is 15.0 Å². The van der Waals surface area contributed by atoms with Crippen LogP contribution in [0.2, 0.25) is 0 Å². The molecule has 1 aliphatic rings. The molecule has 122 valence electrons. The summed E-state index contributed by atoms with van der Waals surface area (Å²) in [5, 5.41) is 20.9. The van der Waals surface area contributed by atoms with Gasteiger partial charge in [-0.3, -0.25) is 4.79 Å². The Hall–Kier alpha value is -2.17. The SMILES string of the molecule is CC1(O)C=C(O)C(C(=O)c2ccccc2Br)=C(c2ccccc2)C1. The van der Waals surface area contributed by atoms with Gasteiger partial charge in [-0.1, -0.05) is 58.4 Å². The lowest BCUT2D eigenvalue weighted by Crippen LogP contribution is -2.28. The van der Waals surface area contributed by atoms with Crippen LogP contribution in [-0.4, -0.2) is 21.6 Å². The monoisotopic (exact) mass is 384 g/mol. The molecule has 1 atom stereocenters. The molecule has 0 spiro atoms. The summed E-state index contributed by atoms with van der Waals surface area (Å²) in [5.74, 6) is -0.462. The van der Waals surface area contributed by atoms with Crippen LogP contribution in [-0.2, 0) is 0 Å². The Labute approximate surface area is 149 Å². The number of aliphatic hydroxyl groups is 2. The van der Waals surface area contributed by atoms with Gasteiger partial charge >= 0.3 is 0 Å². The van der Waals surface area contributed by atoms with E-state index in [1.54, 1.807) is 25.1 Å². The normalized spacial score (nSPS) is 20.7. The summed E-state index contributed by atoms with van der Waals surface area (Å²) >= 11 is 3.39. The molecule has 2 aromatic carbocycles. The van der Waals surface area contributed by atoms with Crippen LogP contribution in [0.5, 0.6) is 0 Å². The molecular formula is C20H17BrO3. The van der Waals surface area contributed by atoms with Gasteiger partial charge in [0.2, 0.25) is 0 Å². The molecule has 2 N–H and O–H groups in total. The number of ketones is 1. The van der Waals surface area contributed by atoms with Gasteiger partial charge in [0.25, 0.3) is 0 Å². The Bertz CT molecular complexity index is 848. The summed E-state index contributed by atoms with van der Waals surface area (Å²) in [4.78, 5) is 13.1. The highest BCUT2D eigenvalue weighted by molar-refractivity contribution is 9.10. The van der Waals surface area contributed by atoms with E-state index in [9.17, 15) is 15.0 Å². The van der Waals surface area contributed by atoms with E-state index in [-0.39, 0.29) is 23.5 Å². The van der Waals surface area contributed by atoms with Crippen molar-refractivity contribution in [1.82, 2.24) is 0 Å². The molecule has 0 heterocycles. The first-order valence-corrected chi connectivity index (χ1v) is 8.41. The van der Waals surface area contributed by atoms with Crippen LogP contribution in [0.4, 0.5) is 0 Å². The Morgan fingerprint density at radius 3 is 2.38 bits per heavy atom. The number of carbonyl (C=O) groups excluding carboxylic acids is 1. The van der Waals surface area contributed by atoms with E-state index >= 15 is 0 Å². The molecule has 0 radical (unpaired) electrons. The maximum atomic E-state index is 13.1. The lowest BCUT2D eigenvalue weighted by molar-refractivity contribution is 0.100. The van der Waals surface area contributed by atoms with E-state index in [4.69, 9.17) is 0 Å². The molecule has 1 unspecified atom stereocenters. The number of halogens is 1. The number of allylic oxidation sites excluding steroid dienone is 1. The van der Waals surface area contributed by atoms with E-state index in [1.165, 1.54) is 6.08 Å². The zero-order valence-corrected chi connectivity index (χ0v) is 14.7. The van der Waals surface area contributed by atoms with Crippen molar-refractivity contribution in [3.05, 3.63) is 87.6 Å². The van der Waals surface area contributed by atoms with E-state index in [0.717, 1.165) is 5.56 Å². The zero-order chi connectivity index (χ0) is 17.3. The third-order valence-corrected chi connectivity index (χ3v) is 4.70. The Kier molecular flexibility index (Phi) is 4.43. The molecule has 0 saturated carbocycles. The number of rotatable bonds is 3.